The molecule has 3 aromatic rings. The van der Waals surface area contributed by atoms with Crippen LogP contribution < -0.4 is 4.90 Å². The van der Waals surface area contributed by atoms with Crippen LogP contribution >= 0.6 is 0 Å². The number of rotatable bonds is 2. The van der Waals surface area contributed by atoms with Crippen molar-refractivity contribution in [1.29, 1.82) is 0 Å². The molecule has 23 heavy (non-hydrogen) atoms. The number of imidazole rings is 1. The van der Waals surface area contributed by atoms with Crippen LogP contribution in [0.15, 0.2) is 54.9 Å². The number of amides is 1. The summed E-state index contributed by atoms with van der Waals surface area (Å²) in [6.07, 6.45) is 1.63. The molecule has 0 bridgehead atoms. The van der Waals surface area contributed by atoms with Crippen molar-refractivity contribution in [2.45, 2.75) is 0 Å². The van der Waals surface area contributed by atoms with Crippen molar-refractivity contribution in [2.24, 2.45) is 0 Å². The van der Waals surface area contributed by atoms with Gasteiger partial charge in [-0.25, -0.2) is 4.98 Å². The Morgan fingerprint density at radius 3 is 2.52 bits per heavy atom. The molecule has 1 amide bonds. The topological polar surface area (TPSA) is 52.2 Å². The first-order valence-corrected chi connectivity index (χ1v) is 7.84. The highest BCUT2D eigenvalue weighted by atomic mass is 16.2. The van der Waals surface area contributed by atoms with Crippen LogP contribution in [0.5, 0.6) is 0 Å². The number of nitrogens with one attached hydrogen (secondary N) is 1. The molecular weight excluding hydrogens is 288 g/mol. The molecule has 2 aromatic carbocycles. The molecule has 0 atom stereocenters. The molecule has 1 saturated heterocycles. The second kappa shape index (κ2) is 5.76. The zero-order chi connectivity index (χ0) is 15.6. The lowest BCUT2D eigenvalue weighted by atomic mass is 10.1. The number of para-hydroxylation sites is 2. The van der Waals surface area contributed by atoms with Crippen LogP contribution in [0.25, 0.3) is 11.0 Å². The number of aromatic nitrogens is 2. The second-order valence-electron chi connectivity index (χ2n) is 5.72. The number of hydrogen-bond donors (Lipinski definition) is 1. The Labute approximate surface area is 134 Å². The monoisotopic (exact) mass is 306 g/mol. The smallest absolute Gasteiger partial charge is 0.256 e. The number of benzene rings is 2. The van der Waals surface area contributed by atoms with Crippen molar-refractivity contribution in [3.8, 4) is 0 Å². The highest BCUT2D eigenvalue weighted by Crippen LogP contribution is 2.19. The number of anilines is 1. The highest BCUT2D eigenvalue weighted by Gasteiger charge is 2.23. The summed E-state index contributed by atoms with van der Waals surface area (Å²) in [5.41, 5.74) is 3.55. The largest absolute Gasteiger partial charge is 0.368 e. The van der Waals surface area contributed by atoms with E-state index in [0.29, 0.717) is 5.56 Å². The maximum absolute atomic E-state index is 12.8. The average Bonchev–Trinajstić information content (AvgIpc) is 3.11. The first-order chi connectivity index (χ1) is 11.3. The molecule has 1 fully saturated rings. The summed E-state index contributed by atoms with van der Waals surface area (Å²) in [6, 6.07) is 16.0. The molecule has 4 rings (SSSR count). The Bertz CT molecular complexity index is 819. The van der Waals surface area contributed by atoms with Crippen molar-refractivity contribution in [1.82, 2.24) is 14.9 Å². The Kier molecular flexibility index (Phi) is 3.46. The number of piperazine rings is 1. The minimum absolute atomic E-state index is 0.0652. The summed E-state index contributed by atoms with van der Waals surface area (Å²) in [4.78, 5) is 24.4. The summed E-state index contributed by atoms with van der Waals surface area (Å²) in [5.74, 6) is 0.0652. The summed E-state index contributed by atoms with van der Waals surface area (Å²) >= 11 is 0. The zero-order valence-corrected chi connectivity index (χ0v) is 12.8. The average molecular weight is 306 g/mol. The van der Waals surface area contributed by atoms with Gasteiger partial charge in [-0.15, -0.1) is 0 Å². The first kappa shape index (κ1) is 13.8. The lowest BCUT2D eigenvalue weighted by Gasteiger charge is -2.36. The third-order valence-corrected chi connectivity index (χ3v) is 4.37. The van der Waals surface area contributed by atoms with Gasteiger partial charge in [-0.3, -0.25) is 4.79 Å². The molecule has 1 N–H and O–H groups in total. The van der Waals surface area contributed by atoms with E-state index in [1.807, 2.05) is 41.3 Å². The van der Waals surface area contributed by atoms with Crippen molar-refractivity contribution in [2.75, 3.05) is 31.1 Å². The van der Waals surface area contributed by atoms with Gasteiger partial charge >= 0.3 is 0 Å². The summed E-state index contributed by atoms with van der Waals surface area (Å²) in [5, 5.41) is 0. The van der Waals surface area contributed by atoms with E-state index in [0.717, 1.165) is 37.2 Å². The fraction of sp³-hybridized carbons (Fsp3) is 0.222. The van der Waals surface area contributed by atoms with Crippen LogP contribution in [0.1, 0.15) is 10.4 Å². The van der Waals surface area contributed by atoms with Gasteiger partial charge in [0.25, 0.3) is 5.91 Å². The van der Waals surface area contributed by atoms with E-state index >= 15 is 0 Å². The number of carbonyl (C=O) groups excluding carboxylic acids is 1. The molecule has 0 spiro atoms. The molecule has 5 heteroatoms. The van der Waals surface area contributed by atoms with Crippen LogP contribution in [-0.4, -0.2) is 47.0 Å². The third-order valence-electron chi connectivity index (χ3n) is 4.37. The van der Waals surface area contributed by atoms with Crippen molar-refractivity contribution < 1.29 is 4.79 Å². The highest BCUT2D eigenvalue weighted by molar-refractivity contribution is 6.04. The molecule has 0 aliphatic carbocycles. The van der Waals surface area contributed by atoms with Crippen molar-refractivity contribution in [3.05, 3.63) is 60.4 Å². The summed E-state index contributed by atoms with van der Waals surface area (Å²) < 4.78 is 0. The number of hydrogen-bond acceptors (Lipinski definition) is 3. The van der Waals surface area contributed by atoms with Gasteiger partial charge in [0.1, 0.15) is 5.52 Å². The van der Waals surface area contributed by atoms with Crippen LogP contribution in [0.4, 0.5) is 5.69 Å². The van der Waals surface area contributed by atoms with E-state index in [1.165, 1.54) is 5.69 Å². The van der Waals surface area contributed by atoms with Gasteiger partial charge in [0.05, 0.1) is 17.4 Å². The Morgan fingerprint density at radius 2 is 1.74 bits per heavy atom. The number of fused-ring (bicyclic) bond motifs is 1. The summed E-state index contributed by atoms with van der Waals surface area (Å²) in [6.45, 7) is 3.17. The second-order valence-corrected chi connectivity index (χ2v) is 5.72. The van der Waals surface area contributed by atoms with Gasteiger partial charge in [-0.1, -0.05) is 24.3 Å². The normalized spacial score (nSPS) is 15.1. The molecule has 1 aliphatic heterocycles. The molecule has 0 saturated carbocycles. The van der Waals surface area contributed by atoms with Crippen LogP contribution in [0.2, 0.25) is 0 Å². The van der Waals surface area contributed by atoms with Gasteiger partial charge in [-0.05, 0) is 24.3 Å². The summed E-state index contributed by atoms with van der Waals surface area (Å²) in [7, 11) is 0. The zero-order valence-electron chi connectivity index (χ0n) is 12.8. The van der Waals surface area contributed by atoms with Gasteiger partial charge in [0, 0.05) is 31.9 Å². The van der Waals surface area contributed by atoms with E-state index in [-0.39, 0.29) is 5.91 Å². The maximum atomic E-state index is 12.8. The number of aromatic amines is 1. The van der Waals surface area contributed by atoms with Crippen LogP contribution in [-0.2, 0) is 0 Å². The molecular formula is C18H18N4O. The van der Waals surface area contributed by atoms with E-state index in [1.54, 1.807) is 6.33 Å². The third kappa shape index (κ3) is 2.54. The molecule has 1 aromatic heterocycles. The van der Waals surface area contributed by atoms with Crippen molar-refractivity contribution in [3.63, 3.8) is 0 Å². The lowest BCUT2D eigenvalue weighted by Crippen LogP contribution is -2.48. The first-order valence-electron chi connectivity index (χ1n) is 7.84. The standard InChI is InChI=1S/C18H18N4O/c23-18(15-7-4-8-16-17(15)20-13-19-16)22-11-9-21(10-12-22)14-5-2-1-3-6-14/h1-8,13H,9-12H2,(H,19,20). The van der Waals surface area contributed by atoms with E-state index in [2.05, 4.69) is 27.0 Å². The van der Waals surface area contributed by atoms with E-state index < -0.39 is 0 Å². The molecule has 2 heterocycles. The maximum Gasteiger partial charge on any atom is 0.256 e. The van der Waals surface area contributed by atoms with Gasteiger partial charge in [-0.2, -0.15) is 0 Å². The Balaban J connectivity index is 1.50. The Hall–Kier alpha value is -2.82. The Morgan fingerprint density at radius 1 is 0.957 bits per heavy atom. The fourth-order valence-corrected chi connectivity index (χ4v) is 3.11. The molecule has 1 aliphatic rings. The fourth-order valence-electron chi connectivity index (χ4n) is 3.11. The predicted molar refractivity (Wildman–Crippen MR) is 90.7 cm³/mol. The van der Waals surface area contributed by atoms with Gasteiger partial charge in [0.15, 0.2) is 0 Å². The minimum Gasteiger partial charge on any atom is -0.368 e. The quantitative estimate of drug-likeness (QED) is 0.791. The van der Waals surface area contributed by atoms with E-state index in [9.17, 15) is 4.79 Å². The van der Waals surface area contributed by atoms with Crippen LogP contribution in [0, 0.1) is 0 Å². The van der Waals surface area contributed by atoms with E-state index in [4.69, 9.17) is 0 Å². The lowest BCUT2D eigenvalue weighted by molar-refractivity contribution is 0.0748. The number of H-pyrrole nitrogens is 1. The van der Waals surface area contributed by atoms with Gasteiger partial charge < -0.3 is 14.8 Å². The number of carbonyl (C=O) groups is 1. The van der Waals surface area contributed by atoms with Crippen molar-refractivity contribution >= 4 is 22.6 Å². The predicted octanol–water partition coefficient (Wildman–Crippen LogP) is 2.53. The molecule has 0 radical (unpaired) electrons. The number of nitrogens with zero attached hydrogens (tertiary/aromatic N) is 3. The molecule has 0 unspecified atom stereocenters. The SMILES string of the molecule is O=C(c1cccc2[nH]cnc12)N1CCN(c2ccccc2)CC1. The molecule has 5 nitrogen and oxygen atoms in total. The van der Waals surface area contributed by atoms with Gasteiger partial charge in [0.2, 0.25) is 0 Å². The van der Waals surface area contributed by atoms with Crippen LogP contribution in [0.3, 0.4) is 0 Å². The molecule has 116 valence electrons. The minimum atomic E-state index is 0.0652.